The van der Waals surface area contributed by atoms with Gasteiger partial charge in [0.2, 0.25) is 0 Å². The molecular formula is C14H19N3O. The van der Waals surface area contributed by atoms with Crippen molar-refractivity contribution in [3.8, 4) is 6.07 Å². The van der Waals surface area contributed by atoms with Gasteiger partial charge in [0.25, 0.3) is 5.91 Å². The van der Waals surface area contributed by atoms with Gasteiger partial charge in [0.05, 0.1) is 11.6 Å². The Morgan fingerprint density at radius 2 is 1.89 bits per heavy atom. The van der Waals surface area contributed by atoms with Crippen molar-refractivity contribution in [2.75, 3.05) is 6.54 Å². The van der Waals surface area contributed by atoms with Gasteiger partial charge in [-0.05, 0) is 37.1 Å². The number of nitrogens with two attached hydrogens (primary N) is 1. The fourth-order valence-corrected chi connectivity index (χ4v) is 1.55. The molecule has 0 aliphatic carbocycles. The Labute approximate surface area is 108 Å². The number of nitrogens with zero attached hydrogens (tertiary/aromatic N) is 1. The molecule has 0 aromatic heterocycles. The molecule has 0 unspecified atom stereocenters. The van der Waals surface area contributed by atoms with E-state index in [0.29, 0.717) is 17.7 Å². The highest BCUT2D eigenvalue weighted by molar-refractivity contribution is 5.94. The van der Waals surface area contributed by atoms with Gasteiger partial charge in [0.15, 0.2) is 0 Å². The van der Waals surface area contributed by atoms with Crippen molar-refractivity contribution in [1.29, 1.82) is 5.26 Å². The van der Waals surface area contributed by atoms with Gasteiger partial charge in [-0.2, -0.15) is 5.26 Å². The molecule has 1 aromatic carbocycles. The lowest BCUT2D eigenvalue weighted by molar-refractivity contribution is 0.0942. The Kier molecular flexibility index (Phi) is 4.87. The van der Waals surface area contributed by atoms with Gasteiger partial charge in [-0.3, -0.25) is 4.79 Å². The number of nitrogens with one attached hydrogen (secondary N) is 1. The standard InChI is InChI=1S/C14H19N3O/c1-3-14(16,4-2)10-17-13(18)12-7-5-11(9-15)6-8-12/h5-8H,3-4,10,16H2,1-2H3,(H,17,18). The number of hydrogen-bond donors (Lipinski definition) is 2. The molecule has 0 bridgehead atoms. The first-order chi connectivity index (χ1) is 8.54. The van der Waals surface area contributed by atoms with Gasteiger partial charge in [-0.1, -0.05) is 13.8 Å². The van der Waals surface area contributed by atoms with Crippen molar-refractivity contribution < 1.29 is 4.79 Å². The van der Waals surface area contributed by atoms with Crippen LogP contribution < -0.4 is 11.1 Å². The smallest absolute Gasteiger partial charge is 0.251 e. The van der Waals surface area contributed by atoms with Crippen LogP contribution >= 0.6 is 0 Å². The molecule has 0 atom stereocenters. The van der Waals surface area contributed by atoms with Gasteiger partial charge < -0.3 is 11.1 Å². The summed E-state index contributed by atoms with van der Waals surface area (Å²) in [6.45, 7) is 4.48. The number of carbonyl (C=O) groups excluding carboxylic acids is 1. The van der Waals surface area contributed by atoms with Crippen LogP contribution in [-0.2, 0) is 0 Å². The largest absolute Gasteiger partial charge is 0.350 e. The molecule has 0 spiro atoms. The molecule has 4 nitrogen and oxygen atoms in total. The zero-order chi connectivity index (χ0) is 13.6. The Morgan fingerprint density at radius 1 is 1.33 bits per heavy atom. The van der Waals surface area contributed by atoms with Crippen LogP contribution in [-0.4, -0.2) is 18.0 Å². The van der Waals surface area contributed by atoms with Gasteiger partial charge in [0.1, 0.15) is 0 Å². The quantitative estimate of drug-likeness (QED) is 0.830. The molecule has 0 fully saturated rings. The summed E-state index contributed by atoms with van der Waals surface area (Å²) in [5.74, 6) is -0.156. The topological polar surface area (TPSA) is 78.9 Å². The highest BCUT2D eigenvalue weighted by Crippen LogP contribution is 2.10. The summed E-state index contributed by atoms with van der Waals surface area (Å²) in [6, 6.07) is 8.56. The van der Waals surface area contributed by atoms with E-state index < -0.39 is 0 Å². The molecule has 0 heterocycles. The monoisotopic (exact) mass is 245 g/mol. The molecule has 18 heavy (non-hydrogen) atoms. The average Bonchev–Trinajstić information content (AvgIpc) is 2.44. The molecular weight excluding hydrogens is 226 g/mol. The minimum atomic E-state index is -0.345. The lowest BCUT2D eigenvalue weighted by Crippen LogP contribution is -2.49. The maximum atomic E-state index is 11.9. The van der Waals surface area contributed by atoms with Crippen LogP contribution in [0.25, 0.3) is 0 Å². The molecule has 1 aromatic rings. The van der Waals surface area contributed by atoms with Crippen LogP contribution in [0.2, 0.25) is 0 Å². The average molecular weight is 245 g/mol. The number of benzene rings is 1. The molecule has 96 valence electrons. The zero-order valence-electron chi connectivity index (χ0n) is 10.9. The van der Waals surface area contributed by atoms with E-state index in [-0.39, 0.29) is 11.4 Å². The van der Waals surface area contributed by atoms with Crippen molar-refractivity contribution >= 4 is 5.91 Å². The fraction of sp³-hybridized carbons (Fsp3) is 0.429. The zero-order valence-corrected chi connectivity index (χ0v) is 10.9. The maximum absolute atomic E-state index is 11.9. The molecule has 0 saturated heterocycles. The normalized spacial score (nSPS) is 10.8. The molecule has 4 heteroatoms. The van der Waals surface area contributed by atoms with Crippen LogP contribution in [0.3, 0.4) is 0 Å². The minimum Gasteiger partial charge on any atom is -0.350 e. The molecule has 1 amide bonds. The first-order valence-corrected chi connectivity index (χ1v) is 6.12. The van der Waals surface area contributed by atoms with Crippen molar-refractivity contribution in [2.45, 2.75) is 32.2 Å². The van der Waals surface area contributed by atoms with E-state index in [1.54, 1.807) is 24.3 Å². The first kappa shape index (κ1) is 14.2. The second-order valence-electron chi connectivity index (χ2n) is 4.44. The number of carbonyl (C=O) groups is 1. The van der Waals surface area contributed by atoms with E-state index in [9.17, 15) is 4.79 Å². The molecule has 1 rings (SSSR count). The summed E-state index contributed by atoms with van der Waals surface area (Å²) in [5.41, 5.74) is 6.85. The van der Waals surface area contributed by atoms with Crippen molar-refractivity contribution in [3.63, 3.8) is 0 Å². The summed E-state index contributed by atoms with van der Waals surface area (Å²) in [7, 11) is 0. The highest BCUT2D eigenvalue weighted by Gasteiger charge is 2.21. The third-order valence-corrected chi connectivity index (χ3v) is 3.29. The predicted octanol–water partition coefficient (Wildman–Crippen LogP) is 1.81. The second-order valence-corrected chi connectivity index (χ2v) is 4.44. The van der Waals surface area contributed by atoms with E-state index in [2.05, 4.69) is 5.32 Å². The molecule has 0 saturated carbocycles. The summed E-state index contributed by atoms with van der Waals surface area (Å²) in [4.78, 5) is 11.9. The van der Waals surface area contributed by atoms with E-state index in [1.807, 2.05) is 19.9 Å². The van der Waals surface area contributed by atoms with Crippen LogP contribution in [0.1, 0.15) is 42.6 Å². The van der Waals surface area contributed by atoms with E-state index >= 15 is 0 Å². The first-order valence-electron chi connectivity index (χ1n) is 6.12. The lowest BCUT2D eigenvalue weighted by Gasteiger charge is -2.26. The molecule has 0 aliphatic rings. The molecule has 0 radical (unpaired) electrons. The van der Waals surface area contributed by atoms with Gasteiger partial charge in [-0.15, -0.1) is 0 Å². The number of hydrogen-bond acceptors (Lipinski definition) is 3. The van der Waals surface area contributed by atoms with E-state index in [1.165, 1.54) is 0 Å². The third-order valence-electron chi connectivity index (χ3n) is 3.29. The summed E-state index contributed by atoms with van der Waals surface area (Å²) >= 11 is 0. The van der Waals surface area contributed by atoms with Crippen LogP contribution in [0.15, 0.2) is 24.3 Å². The predicted molar refractivity (Wildman–Crippen MR) is 71.0 cm³/mol. The van der Waals surface area contributed by atoms with Gasteiger partial charge >= 0.3 is 0 Å². The Balaban J connectivity index is 2.63. The Morgan fingerprint density at radius 3 is 2.33 bits per heavy atom. The summed E-state index contributed by atoms with van der Waals surface area (Å²) in [6.07, 6.45) is 1.63. The number of rotatable bonds is 5. The van der Waals surface area contributed by atoms with Crippen molar-refractivity contribution in [3.05, 3.63) is 35.4 Å². The van der Waals surface area contributed by atoms with Crippen LogP contribution in [0, 0.1) is 11.3 Å². The van der Waals surface area contributed by atoms with Gasteiger partial charge in [-0.25, -0.2) is 0 Å². The van der Waals surface area contributed by atoms with Crippen LogP contribution in [0.4, 0.5) is 0 Å². The Hall–Kier alpha value is -1.86. The molecule has 0 aliphatic heterocycles. The summed E-state index contributed by atoms with van der Waals surface area (Å²) < 4.78 is 0. The second kappa shape index (κ2) is 6.18. The summed E-state index contributed by atoms with van der Waals surface area (Å²) in [5, 5.41) is 11.5. The third kappa shape index (κ3) is 3.57. The number of nitriles is 1. The van der Waals surface area contributed by atoms with Crippen molar-refractivity contribution in [1.82, 2.24) is 5.32 Å². The highest BCUT2D eigenvalue weighted by atomic mass is 16.1. The Bertz CT molecular complexity index is 441. The van der Waals surface area contributed by atoms with E-state index in [0.717, 1.165) is 12.8 Å². The number of amides is 1. The van der Waals surface area contributed by atoms with Crippen molar-refractivity contribution in [2.24, 2.45) is 5.73 Å². The maximum Gasteiger partial charge on any atom is 0.251 e. The SMILES string of the molecule is CCC(N)(CC)CNC(=O)c1ccc(C#N)cc1. The van der Waals surface area contributed by atoms with Gasteiger partial charge in [0, 0.05) is 17.6 Å². The molecule has 3 N–H and O–H groups in total. The van der Waals surface area contributed by atoms with E-state index in [4.69, 9.17) is 11.0 Å². The lowest BCUT2D eigenvalue weighted by atomic mass is 9.94. The minimum absolute atomic E-state index is 0.156. The fourth-order valence-electron chi connectivity index (χ4n) is 1.55. The van der Waals surface area contributed by atoms with Crippen LogP contribution in [0.5, 0.6) is 0 Å².